The molecule has 1 saturated heterocycles. The number of sulfonamides is 1. The molecule has 256 valence electrons. The topological polar surface area (TPSA) is 140 Å². The van der Waals surface area contributed by atoms with Crippen molar-refractivity contribution in [3.8, 4) is 11.1 Å². The fourth-order valence-corrected chi connectivity index (χ4v) is 6.69. The zero-order valence-corrected chi connectivity index (χ0v) is 29.3. The number of hydrogen-bond acceptors (Lipinski definition) is 8. The molecule has 0 bridgehead atoms. The maximum absolute atomic E-state index is 13.3. The summed E-state index contributed by atoms with van der Waals surface area (Å²) in [6.07, 6.45) is 6.73. The van der Waals surface area contributed by atoms with Crippen LogP contribution in [0.25, 0.3) is 22.0 Å². The van der Waals surface area contributed by atoms with Gasteiger partial charge in [0.2, 0.25) is 10.0 Å². The van der Waals surface area contributed by atoms with Crippen molar-refractivity contribution in [3.63, 3.8) is 0 Å². The van der Waals surface area contributed by atoms with Crippen molar-refractivity contribution in [2.45, 2.75) is 51.8 Å². The summed E-state index contributed by atoms with van der Waals surface area (Å²) in [5, 5.41) is 4.00. The van der Waals surface area contributed by atoms with Crippen LogP contribution in [0.4, 0.5) is 16.2 Å². The highest BCUT2D eigenvalue weighted by molar-refractivity contribution is 7.92. The quantitative estimate of drug-likeness (QED) is 0.211. The predicted octanol–water partition coefficient (Wildman–Crippen LogP) is 5.40. The van der Waals surface area contributed by atoms with Crippen LogP contribution >= 0.6 is 0 Å². The SMILES string of the molecule is CCS(=O)(=O)Nc1cc(-c2cc(NC3CN(C(=O)OC(C)(C)C)C3)c(=O)n(C)c2)cc2c1ccn2C(C)(c1ccccn1)c1ccccn1. The molecule has 1 aliphatic rings. The second kappa shape index (κ2) is 12.7. The largest absolute Gasteiger partial charge is 0.444 e. The third kappa shape index (κ3) is 6.75. The summed E-state index contributed by atoms with van der Waals surface area (Å²) < 4.78 is 37.7. The Hall–Kier alpha value is -5.17. The lowest BCUT2D eigenvalue weighted by Gasteiger charge is -2.40. The lowest BCUT2D eigenvalue weighted by Crippen LogP contribution is -2.58. The molecule has 0 spiro atoms. The van der Waals surface area contributed by atoms with Crippen LogP contribution in [0.1, 0.15) is 46.0 Å². The molecule has 49 heavy (non-hydrogen) atoms. The minimum absolute atomic E-state index is 0.103. The lowest BCUT2D eigenvalue weighted by molar-refractivity contribution is 0.0105. The first kappa shape index (κ1) is 33.7. The van der Waals surface area contributed by atoms with Crippen molar-refractivity contribution < 1.29 is 17.9 Å². The van der Waals surface area contributed by atoms with E-state index in [1.54, 1.807) is 49.6 Å². The number of nitrogens with zero attached hydrogens (tertiary/aromatic N) is 5. The third-order valence-corrected chi connectivity index (χ3v) is 9.96. The molecule has 5 heterocycles. The summed E-state index contributed by atoms with van der Waals surface area (Å²) in [4.78, 5) is 36.8. The van der Waals surface area contributed by atoms with Crippen LogP contribution < -0.4 is 15.6 Å². The molecule has 1 fully saturated rings. The molecule has 0 atom stereocenters. The van der Waals surface area contributed by atoms with E-state index in [0.29, 0.717) is 41.0 Å². The van der Waals surface area contributed by atoms with Gasteiger partial charge in [0.05, 0.1) is 34.4 Å². The first-order chi connectivity index (χ1) is 23.2. The minimum atomic E-state index is -3.65. The molecule has 1 amide bonds. The maximum atomic E-state index is 13.3. The van der Waals surface area contributed by atoms with Gasteiger partial charge in [-0.05, 0) is 88.7 Å². The van der Waals surface area contributed by atoms with Gasteiger partial charge < -0.3 is 24.1 Å². The lowest BCUT2D eigenvalue weighted by atomic mass is 9.91. The molecule has 13 heteroatoms. The number of rotatable bonds is 9. The van der Waals surface area contributed by atoms with Gasteiger partial charge in [-0.1, -0.05) is 12.1 Å². The summed E-state index contributed by atoms with van der Waals surface area (Å²) in [6, 6.07) is 18.7. The smallest absolute Gasteiger partial charge is 0.410 e. The number of likely N-dealkylation sites (tertiary alicyclic amines) is 1. The van der Waals surface area contributed by atoms with Crippen LogP contribution in [0.5, 0.6) is 0 Å². The van der Waals surface area contributed by atoms with Crippen LogP contribution in [-0.4, -0.2) is 69.0 Å². The van der Waals surface area contributed by atoms with E-state index in [1.807, 2.05) is 82.4 Å². The second-order valence-corrected chi connectivity index (χ2v) is 15.4. The number of fused-ring (bicyclic) bond motifs is 1. The van der Waals surface area contributed by atoms with Crippen LogP contribution in [0.2, 0.25) is 0 Å². The van der Waals surface area contributed by atoms with E-state index in [1.165, 1.54) is 4.57 Å². The minimum Gasteiger partial charge on any atom is -0.444 e. The van der Waals surface area contributed by atoms with E-state index in [2.05, 4.69) is 14.6 Å². The number of pyridine rings is 3. The van der Waals surface area contributed by atoms with Crippen LogP contribution in [-0.2, 0) is 27.3 Å². The van der Waals surface area contributed by atoms with Crippen LogP contribution in [0.3, 0.4) is 0 Å². The molecule has 5 aromatic rings. The number of aryl methyl sites for hydroxylation is 1. The summed E-state index contributed by atoms with van der Waals surface area (Å²) in [5.41, 5.74) is 2.70. The molecule has 0 saturated carbocycles. The molecule has 1 aliphatic heterocycles. The Balaban J connectivity index is 1.46. The highest BCUT2D eigenvalue weighted by Crippen LogP contribution is 2.39. The Bertz CT molecular complexity index is 2130. The van der Waals surface area contributed by atoms with E-state index in [0.717, 1.165) is 16.9 Å². The number of hydrogen-bond donors (Lipinski definition) is 2. The van der Waals surface area contributed by atoms with Crippen molar-refractivity contribution in [2.24, 2.45) is 7.05 Å². The first-order valence-electron chi connectivity index (χ1n) is 16.1. The molecule has 6 rings (SSSR count). The summed E-state index contributed by atoms with van der Waals surface area (Å²) in [7, 11) is -1.97. The van der Waals surface area contributed by atoms with Gasteiger partial charge in [-0.3, -0.25) is 19.5 Å². The molecule has 1 aromatic carbocycles. The highest BCUT2D eigenvalue weighted by atomic mass is 32.2. The number of carbonyl (C=O) groups excluding carboxylic acids is 1. The zero-order valence-electron chi connectivity index (χ0n) is 28.5. The number of nitrogens with one attached hydrogen (secondary N) is 2. The van der Waals surface area contributed by atoms with Gasteiger partial charge in [-0.25, -0.2) is 13.2 Å². The molecular weight excluding hydrogens is 643 g/mol. The van der Waals surface area contributed by atoms with Crippen LogP contribution in [0, 0.1) is 0 Å². The number of aromatic nitrogens is 4. The van der Waals surface area contributed by atoms with Gasteiger partial charge in [-0.2, -0.15) is 0 Å². The van der Waals surface area contributed by atoms with Crippen molar-refractivity contribution in [1.29, 1.82) is 0 Å². The van der Waals surface area contributed by atoms with Gasteiger partial charge in [0, 0.05) is 55.9 Å². The first-order valence-corrected chi connectivity index (χ1v) is 17.8. The fourth-order valence-electron chi connectivity index (χ4n) is 6.04. The molecule has 0 aliphatic carbocycles. The third-order valence-electron chi connectivity index (χ3n) is 8.67. The Morgan fingerprint density at radius 2 is 1.57 bits per heavy atom. The van der Waals surface area contributed by atoms with Crippen molar-refractivity contribution in [1.82, 2.24) is 24.0 Å². The van der Waals surface area contributed by atoms with E-state index in [4.69, 9.17) is 14.7 Å². The maximum Gasteiger partial charge on any atom is 0.410 e. The fraction of sp³-hybridized carbons (Fsp3) is 0.333. The Morgan fingerprint density at radius 1 is 0.939 bits per heavy atom. The summed E-state index contributed by atoms with van der Waals surface area (Å²) in [5.74, 6) is -0.103. The summed E-state index contributed by atoms with van der Waals surface area (Å²) in [6.45, 7) is 9.87. The molecule has 4 aromatic heterocycles. The summed E-state index contributed by atoms with van der Waals surface area (Å²) >= 11 is 0. The number of benzene rings is 1. The second-order valence-electron chi connectivity index (χ2n) is 13.4. The van der Waals surface area contributed by atoms with Crippen molar-refractivity contribution >= 4 is 38.4 Å². The average molecular weight is 684 g/mol. The average Bonchev–Trinajstić information content (AvgIpc) is 3.49. The molecule has 2 N–H and O–H groups in total. The predicted molar refractivity (Wildman–Crippen MR) is 191 cm³/mol. The molecule has 12 nitrogen and oxygen atoms in total. The Morgan fingerprint density at radius 3 is 2.14 bits per heavy atom. The molecule has 0 radical (unpaired) electrons. The van der Waals surface area contributed by atoms with E-state index < -0.39 is 27.3 Å². The zero-order chi connectivity index (χ0) is 35.1. The number of ether oxygens (including phenoxy) is 1. The normalized spacial score (nSPS) is 14.0. The van der Waals surface area contributed by atoms with Crippen molar-refractivity contribution in [3.05, 3.63) is 107 Å². The number of anilines is 2. The van der Waals surface area contributed by atoms with Gasteiger partial charge in [0.1, 0.15) is 16.8 Å². The van der Waals surface area contributed by atoms with E-state index in [9.17, 15) is 18.0 Å². The number of carbonyl (C=O) groups is 1. The van der Waals surface area contributed by atoms with Gasteiger partial charge >= 0.3 is 6.09 Å². The van der Waals surface area contributed by atoms with Crippen LogP contribution in [0.15, 0.2) is 90.2 Å². The van der Waals surface area contributed by atoms with Crippen molar-refractivity contribution in [2.75, 3.05) is 28.9 Å². The van der Waals surface area contributed by atoms with Gasteiger partial charge in [-0.15, -0.1) is 0 Å². The Labute approximate surface area is 285 Å². The highest BCUT2D eigenvalue weighted by Gasteiger charge is 2.36. The standard InChI is InChI=1S/C36H41N7O5S/c1-7-49(46,47)40-28-18-24(25-19-29(33(44)41(6)21-25)39-26-22-42(23-26)34(45)48-35(2,3)4)20-30-27(28)14-17-43(30)36(5,31-12-8-10-15-37-31)32-13-9-11-16-38-32/h8-21,26,39-40H,7,22-23H2,1-6H3. The number of amides is 1. The van der Waals surface area contributed by atoms with E-state index in [-0.39, 0.29) is 17.4 Å². The Kier molecular flexibility index (Phi) is 8.74. The molecular formula is C36H41N7O5S. The molecule has 0 unspecified atom stereocenters. The van der Waals surface area contributed by atoms with Gasteiger partial charge in [0.15, 0.2) is 0 Å². The monoisotopic (exact) mass is 683 g/mol. The van der Waals surface area contributed by atoms with E-state index >= 15 is 0 Å². The van der Waals surface area contributed by atoms with Gasteiger partial charge in [0.25, 0.3) is 5.56 Å².